The van der Waals surface area contributed by atoms with Gasteiger partial charge in [0.2, 0.25) is 0 Å². The normalized spacial score (nSPS) is 8.40. The van der Waals surface area contributed by atoms with E-state index in [0.717, 1.165) is 0 Å². The summed E-state index contributed by atoms with van der Waals surface area (Å²) in [7, 11) is 0. The molecule has 0 aliphatic heterocycles. The van der Waals surface area contributed by atoms with Gasteiger partial charge in [0, 0.05) is 36.3 Å². The topological polar surface area (TPSA) is 102 Å². The molecule has 6 nitrogen and oxygen atoms in total. The Morgan fingerprint density at radius 2 is 0.640 bits per heavy atom. The molecule has 7 heteroatoms. The summed E-state index contributed by atoms with van der Waals surface area (Å²) in [6.45, 7) is 9.54. The molecule has 0 aliphatic rings. The molecule has 0 radical (unpaired) electrons. The zero-order valence-electron chi connectivity index (χ0n) is 16.0. The molecule has 0 heterocycles. The first-order chi connectivity index (χ1) is 11.0. The first kappa shape index (κ1) is 31.3. The second-order valence-electron chi connectivity index (χ2n) is 5.31. The van der Waals surface area contributed by atoms with E-state index in [0.29, 0.717) is 19.3 Å². The van der Waals surface area contributed by atoms with E-state index in [2.05, 4.69) is 0 Å². The molecule has 0 aliphatic carbocycles. The van der Waals surface area contributed by atoms with Crippen LogP contribution < -0.4 is 0 Å². The van der Waals surface area contributed by atoms with Crippen molar-refractivity contribution in [3.05, 3.63) is 0 Å². The zero-order chi connectivity index (χ0) is 19.7. The fourth-order valence-corrected chi connectivity index (χ4v) is 1.21. The van der Waals surface area contributed by atoms with Gasteiger partial charge in [-0.15, -0.1) is 0 Å². The molecule has 146 valence electrons. The number of carbonyl (C=O) groups is 6. The molecule has 0 aromatic heterocycles. The summed E-state index contributed by atoms with van der Waals surface area (Å²) in [6, 6.07) is 0. The van der Waals surface area contributed by atoms with Gasteiger partial charge in [0.25, 0.3) is 0 Å². The van der Waals surface area contributed by atoms with E-state index >= 15 is 0 Å². The van der Waals surface area contributed by atoms with E-state index in [9.17, 15) is 28.8 Å². The molecular formula is C18H30FeO6. The number of hydrogen-bond donors (Lipinski definition) is 0. The van der Waals surface area contributed by atoms with Crippen LogP contribution in [0, 0.1) is 0 Å². The van der Waals surface area contributed by atoms with E-state index in [1.807, 2.05) is 0 Å². The summed E-state index contributed by atoms with van der Waals surface area (Å²) in [6.07, 6.45) is 1.74. The van der Waals surface area contributed by atoms with Crippen molar-refractivity contribution in [2.45, 2.75) is 80.1 Å². The SMILES string of the molecule is CCC(=O)CC(C)=O.CCC(=O)CC(C)=O.CCC(=O)CC(C)=O.[Fe]. The molecule has 0 aromatic rings. The van der Waals surface area contributed by atoms with E-state index in [-0.39, 0.29) is 71.0 Å². The number of Topliss-reactive ketones (excluding diaryl/α,β-unsaturated/α-hetero) is 6. The van der Waals surface area contributed by atoms with E-state index in [1.165, 1.54) is 20.8 Å². The van der Waals surface area contributed by atoms with Crippen molar-refractivity contribution in [1.82, 2.24) is 0 Å². The van der Waals surface area contributed by atoms with Crippen LogP contribution in [0.15, 0.2) is 0 Å². The van der Waals surface area contributed by atoms with Gasteiger partial charge in [-0.05, 0) is 20.8 Å². The summed E-state index contributed by atoms with van der Waals surface area (Å²) in [5, 5.41) is 0. The number of rotatable bonds is 9. The van der Waals surface area contributed by atoms with Crippen LogP contribution >= 0.6 is 0 Å². The molecule has 0 aromatic carbocycles. The molecule has 0 amide bonds. The molecule has 0 atom stereocenters. The van der Waals surface area contributed by atoms with E-state index < -0.39 is 0 Å². The van der Waals surface area contributed by atoms with Crippen molar-refractivity contribution in [3.8, 4) is 0 Å². The Labute approximate surface area is 161 Å². The minimum Gasteiger partial charge on any atom is -0.300 e. The molecule has 0 N–H and O–H groups in total. The maximum atomic E-state index is 10.4. The summed E-state index contributed by atoms with van der Waals surface area (Å²) in [5.41, 5.74) is 0. The molecule has 0 unspecified atom stereocenters. The Hall–Kier alpha value is -1.46. The van der Waals surface area contributed by atoms with E-state index in [1.54, 1.807) is 20.8 Å². The quantitative estimate of drug-likeness (QED) is 0.437. The van der Waals surface area contributed by atoms with Crippen LogP contribution in [0.5, 0.6) is 0 Å². The monoisotopic (exact) mass is 398 g/mol. The zero-order valence-corrected chi connectivity index (χ0v) is 17.1. The van der Waals surface area contributed by atoms with Gasteiger partial charge in [-0.1, -0.05) is 20.8 Å². The Morgan fingerprint density at radius 1 is 0.480 bits per heavy atom. The number of hydrogen-bond acceptors (Lipinski definition) is 6. The van der Waals surface area contributed by atoms with Gasteiger partial charge in [-0.3, -0.25) is 28.8 Å². The predicted molar refractivity (Wildman–Crippen MR) is 91.8 cm³/mol. The van der Waals surface area contributed by atoms with Crippen molar-refractivity contribution in [3.63, 3.8) is 0 Å². The van der Waals surface area contributed by atoms with Crippen molar-refractivity contribution in [2.24, 2.45) is 0 Å². The van der Waals surface area contributed by atoms with Crippen LogP contribution in [0.1, 0.15) is 80.1 Å². The van der Waals surface area contributed by atoms with Gasteiger partial charge in [0.05, 0.1) is 19.3 Å². The first-order valence-corrected chi connectivity index (χ1v) is 8.03. The van der Waals surface area contributed by atoms with Gasteiger partial charge < -0.3 is 0 Å². The Bertz CT molecular complexity index is 388. The van der Waals surface area contributed by atoms with Crippen LogP contribution in [0.4, 0.5) is 0 Å². The predicted octanol–water partition coefficient (Wildman–Crippen LogP) is 2.83. The third kappa shape index (κ3) is 34.8. The Kier molecular flexibility index (Phi) is 25.8. The Morgan fingerprint density at radius 3 is 0.680 bits per heavy atom. The average Bonchev–Trinajstić information content (AvgIpc) is 2.46. The fraction of sp³-hybridized carbons (Fsp3) is 0.667. The summed E-state index contributed by atoms with van der Waals surface area (Å²) in [4.78, 5) is 61.8. The maximum absolute atomic E-state index is 10.4. The first-order valence-electron chi connectivity index (χ1n) is 8.03. The maximum Gasteiger partial charge on any atom is 0.139 e. The van der Waals surface area contributed by atoms with Crippen LogP contribution in [0.25, 0.3) is 0 Å². The molecule has 0 saturated carbocycles. The van der Waals surface area contributed by atoms with Crippen molar-refractivity contribution in [1.29, 1.82) is 0 Å². The van der Waals surface area contributed by atoms with Crippen LogP contribution in [0.3, 0.4) is 0 Å². The van der Waals surface area contributed by atoms with Gasteiger partial charge >= 0.3 is 0 Å². The standard InChI is InChI=1S/3C6H10O2.Fe/c3*1-3-6(8)4-5(2)7;/h3*3-4H2,1-2H3;. The molecule has 25 heavy (non-hydrogen) atoms. The van der Waals surface area contributed by atoms with Gasteiger partial charge in [0.1, 0.15) is 34.7 Å². The van der Waals surface area contributed by atoms with Crippen LogP contribution in [0.2, 0.25) is 0 Å². The molecule has 0 spiro atoms. The third-order valence-electron chi connectivity index (χ3n) is 2.52. The molecule has 0 bridgehead atoms. The summed E-state index contributed by atoms with van der Waals surface area (Å²) >= 11 is 0. The molecular weight excluding hydrogens is 368 g/mol. The fourth-order valence-electron chi connectivity index (χ4n) is 1.21. The number of carbonyl (C=O) groups excluding carboxylic acids is 6. The van der Waals surface area contributed by atoms with Gasteiger partial charge in [0.15, 0.2) is 0 Å². The largest absolute Gasteiger partial charge is 0.300 e. The Balaban J connectivity index is -0.000000130. The van der Waals surface area contributed by atoms with Crippen LogP contribution in [-0.2, 0) is 45.8 Å². The minimum atomic E-state index is -0.0446. The minimum absolute atomic E-state index is 0. The summed E-state index contributed by atoms with van der Waals surface area (Å²) in [5.74, 6) is -0.0574. The van der Waals surface area contributed by atoms with Crippen molar-refractivity contribution in [2.75, 3.05) is 0 Å². The van der Waals surface area contributed by atoms with Gasteiger partial charge in [-0.2, -0.15) is 0 Å². The van der Waals surface area contributed by atoms with Crippen molar-refractivity contribution >= 4 is 34.7 Å². The summed E-state index contributed by atoms with van der Waals surface area (Å²) < 4.78 is 0. The van der Waals surface area contributed by atoms with E-state index in [4.69, 9.17) is 0 Å². The van der Waals surface area contributed by atoms with Crippen LogP contribution in [-0.4, -0.2) is 34.7 Å². The van der Waals surface area contributed by atoms with Crippen molar-refractivity contribution < 1.29 is 45.8 Å². The third-order valence-corrected chi connectivity index (χ3v) is 2.52. The molecule has 0 rings (SSSR count). The smallest absolute Gasteiger partial charge is 0.139 e. The second kappa shape index (κ2) is 20.6. The second-order valence-corrected chi connectivity index (χ2v) is 5.31. The molecule has 0 saturated heterocycles. The average molecular weight is 398 g/mol. The van der Waals surface area contributed by atoms with Gasteiger partial charge in [-0.25, -0.2) is 0 Å². The number of ketones is 6. The molecule has 0 fully saturated rings.